The van der Waals surface area contributed by atoms with Crippen LogP contribution in [0.3, 0.4) is 0 Å². The van der Waals surface area contributed by atoms with Crippen LogP contribution < -0.4 is 0 Å². The van der Waals surface area contributed by atoms with Crippen molar-refractivity contribution < 1.29 is 4.58 Å². The molecule has 0 aromatic heterocycles. The summed E-state index contributed by atoms with van der Waals surface area (Å²) in [4.78, 5) is 2.51. The van der Waals surface area contributed by atoms with Crippen LogP contribution in [-0.2, 0) is 13.0 Å². The molecule has 0 saturated carbocycles. The number of nitrogens with zero attached hydrogens (tertiary/aromatic N) is 2. The summed E-state index contributed by atoms with van der Waals surface area (Å²) in [5, 5.41) is 0. The van der Waals surface area contributed by atoms with Gasteiger partial charge in [0.2, 0.25) is 5.84 Å². The van der Waals surface area contributed by atoms with Crippen LogP contribution in [0, 0.1) is 0 Å². The summed E-state index contributed by atoms with van der Waals surface area (Å²) < 4.78 is 2.49. The minimum atomic E-state index is 1.02. The van der Waals surface area contributed by atoms with Crippen LogP contribution in [0.1, 0.15) is 18.1 Å². The Morgan fingerprint density at radius 3 is 2.19 bits per heavy atom. The Morgan fingerprint density at radius 2 is 1.52 bits per heavy atom. The van der Waals surface area contributed by atoms with E-state index in [9.17, 15) is 0 Å². The predicted molar refractivity (Wildman–Crippen MR) is 87.7 cm³/mol. The highest BCUT2D eigenvalue weighted by Gasteiger charge is 2.25. The number of rotatable bonds is 5. The first-order chi connectivity index (χ1) is 10.3. The van der Waals surface area contributed by atoms with Gasteiger partial charge in [-0.3, -0.25) is 9.48 Å². The van der Waals surface area contributed by atoms with Gasteiger partial charge in [-0.25, -0.2) is 0 Å². The molecule has 0 spiro atoms. The van der Waals surface area contributed by atoms with E-state index >= 15 is 0 Å². The Bertz CT molecular complexity index is 602. The molecule has 2 nitrogen and oxygen atoms in total. The molecule has 1 aliphatic heterocycles. The van der Waals surface area contributed by atoms with Gasteiger partial charge < -0.3 is 0 Å². The summed E-state index contributed by atoms with van der Waals surface area (Å²) in [7, 11) is 0. The van der Waals surface area contributed by atoms with Crippen molar-refractivity contribution in [1.82, 2.24) is 4.90 Å². The van der Waals surface area contributed by atoms with Crippen LogP contribution in [0.5, 0.6) is 0 Å². The van der Waals surface area contributed by atoms with E-state index in [1.165, 1.54) is 17.0 Å². The van der Waals surface area contributed by atoms with Crippen LogP contribution in [0.2, 0.25) is 0 Å². The summed E-state index contributed by atoms with van der Waals surface area (Å²) in [6, 6.07) is 21.5. The van der Waals surface area contributed by atoms with E-state index in [-0.39, 0.29) is 0 Å². The molecule has 1 aliphatic rings. The first-order valence-electron chi connectivity index (χ1n) is 7.74. The fraction of sp³-hybridized carbons (Fsp3) is 0.316. The summed E-state index contributed by atoms with van der Waals surface area (Å²) in [6.07, 6.45) is 1.12. The van der Waals surface area contributed by atoms with Crippen molar-refractivity contribution in [2.75, 3.05) is 19.6 Å². The van der Waals surface area contributed by atoms with E-state index < -0.39 is 0 Å². The number of amidine groups is 1. The SMILES string of the molecule is CC1=[N+](Cc2ccccc2)CCN1CCc1ccccc1. The lowest BCUT2D eigenvalue weighted by atomic mass is 10.1. The second-order valence-electron chi connectivity index (χ2n) is 5.68. The van der Waals surface area contributed by atoms with Gasteiger partial charge in [-0.1, -0.05) is 60.7 Å². The number of hydrogen-bond donors (Lipinski definition) is 0. The molecule has 0 aliphatic carbocycles. The zero-order valence-corrected chi connectivity index (χ0v) is 12.7. The van der Waals surface area contributed by atoms with E-state index in [2.05, 4.69) is 77.1 Å². The third-order valence-electron chi connectivity index (χ3n) is 4.28. The molecule has 1 heterocycles. The van der Waals surface area contributed by atoms with Gasteiger partial charge in [0, 0.05) is 13.3 Å². The third-order valence-corrected chi connectivity index (χ3v) is 4.28. The molecule has 2 aromatic rings. The molecule has 2 heteroatoms. The molecule has 0 bridgehead atoms. The largest absolute Gasteiger partial charge is 0.262 e. The van der Waals surface area contributed by atoms with E-state index in [1.807, 2.05) is 0 Å². The van der Waals surface area contributed by atoms with Gasteiger partial charge in [0.05, 0.1) is 6.54 Å². The van der Waals surface area contributed by atoms with Crippen LogP contribution in [-0.4, -0.2) is 34.9 Å². The van der Waals surface area contributed by atoms with Gasteiger partial charge >= 0.3 is 0 Å². The van der Waals surface area contributed by atoms with E-state index in [4.69, 9.17) is 0 Å². The Kier molecular flexibility index (Phi) is 4.34. The predicted octanol–water partition coefficient (Wildman–Crippen LogP) is 3.18. The Morgan fingerprint density at radius 1 is 0.905 bits per heavy atom. The molecule has 0 fully saturated rings. The molecular weight excluding hydrogens is 256 g/mol. The molecule has 0 saturated heterocycles. The van der Waals surface area contributed by atoms with Crippen molar-refractivity contribution >= 4 is 5.84 Å². The lowest BCUT2D eigenvalue weighted by Crippen LogP contribution is -2.29. The zero-order valence-electron chi connectivity index (χ0n) is 12.7. The summed E-state index contributed by atoms with van der Waals surface area (Å²) >= 11 is 0. The Labute approximate surface area is 127 Å². The van der Waals surface area contributed by atoms with E-state index in [1.54, 1.807) is 0 Å². The van der Waals surface area contributed by atoms with E-state index in [0.717, 1.165) is 32.6 Å². The topological polar surface area (TPSA) is 6.25 Å². The van der Waals surface area contributed by atoms with Crippen LogP contribution in [0.25, 0.3) is 0 Å². The molecule has 108 valence electrons. The molecule has 0 unspecified atom stereocenters. The molecular formula is C19H23N2+. The van der Waals surface area contributed by atoms with Gasteiger partial charge in [-0.15, -0.1) is 0 Å². The van der Waals surface area contributed by atoms with Crippen molar-refractivity contribution in [2.24, 2.45) is 0 Å². The second-order valence-corrected chi connectivity index (χ2v) is 5.68. The Hall–Kier alpha value is -2.09. The smallest absolute Gasteiger partial charge is 0.244 e. The highest BCUT2D eigenvalue weighted by Crippen LogP contribution is 2.09. The first-order valence-corrected chi connectivity index (χ1v) is 7.74. The fourth-order valence-corrected chi connectivity index (χ4v) is 2.94. The number of hydrogen-bond acceptors (Lipinski definition) is 1. The van der Waals surface area contributed by atoms with Gasteiger partial charge in [0.15, 0.2) is 0 Å². The first kappa shape index (κ1) is 13.9. The van der Waals surface area contributed by atoms with Gasteiger partial charge in [0.1, 0.15) is 19.6 Å². The van der Waals surface area contributed by atoms with Crippen molar-refractivity contribution in [2.45, 2.75) is 19.9 Å². The minimum Gasteiger partial charge on any atom is -0.262 e. The molecule has 0 amide bonds. The van der Waals surface area contributed by atoms with Crippen LogP contribution in [0.15, 0.2) is 60.7 Å². The summed E-state index contributed by atoms with van der Waals surface area (Å²) in [5.41, 5.74) is 2.81. The zero-order chi connectivity index (χ0) is 14.5. The number of benzene rings is 2. The lowest BCUT2D eigenvalue weighted by Gasteiger charge is -2.11. The van der Waals surface area contributed by atoms with E-state index in [0.29, 0.717) is 0 Å². The van der Waals surface area contributed by atoms with Gasteiger partial charge in [0.25, 0.3) is 0 Å². The average molecular weight is 279 g/mol. The summed E-state index contributed by atoms with van der Waals surface area (Å²) in [6.45, 7) is 6.66. The van der Waals surface area contributed by atoms with Crippen LogP contribution >= 0.6 is 0 Å². The maximum absolute atomic E-state index is 2.51. The van der Waals surface area contributed by atoms with Gasteiger partial charge in [-0.05, 0) is 11.1 Å². The van der Waals surface area contributed by atoms with Gasteiger partial charge in [-0.2, -0.15) is 0 Å². The lowest BCUT2D eigenvalue weighted by molar-refractivity contribution is -0.534. The van der Waals surface area contributed by atoms with Crippen LogP contribution in [0.4, 0.5) is 0 Å². The normalized spacial score (nSPS) is 14.8. The fourth-order valence-electron chi connectivity index (χ4n) is 2.94. The molecule has 0 N–H and O–H groups in total. The minimum absolute atomic E-state index is 1.02. The molecule has 0 atom stereocenters. The highest BCUT2D eigenvalue weighted by molar-refractivity contribution is 5.75. The molecule has 2 aromatic carbocycles. The van der Waals surface area contributed by atoms with Crippen molar-refractivity contribution in [3.63, 3.8) is 0 Å². The quantitative estimate of drug-likeness (QED) is 0.762. The molecule has 21 heavy (non-hydrogen) atoms. The highest BCUT2D eigenvalue weighted by atomic mass is 15.3. The average Bonchev–Trinajstić information content (AvgIpc) is 2.88. The maximum atomic E-state index is 2.51. The monoisotopic (exact) mass is 279 g/mol. The third kappa shape index (κ3) is 3.52. The van der Waals surface area contributed by atoms with Crippen molar-refractivity contribution in [3.8, 4) is 0 Å². The second kappa shape index (κ2) is 6.57. The molecule has 3 rings (SSSR count). The van der Waals surface area contributed by atoms with Crippen molar-refractivity contribution in [3.05, 3.63) is 71.8 Å². The Balaban J connectivity index is 1.61. The van der Waals surface area contributed by atoms with Crippen molar-refractivity contribution in [1.29, 1.82) is 0 Å². The molecule has 0 radical (unpaired) electrons. The standard InChI is InChI=1S/C19H23N2/c1-17-20(13-12-18-8-4-2-5-9-18)14-15-21(17)16-19-10-6-3-7-11-19/h2-11H,12-16H2,1H3/q+1. The maximum Gasteiger partial charge on any atom is 0.244 e. The summed E-state index contributed by atoms with van der Waals surface area (Å²) in [5.74, 6) is 1.41.